The predicted molar refractivity (Wildman–Crippen MR) is 214 cm³/mol. The van der Waals surface area contributed by atoms with Crippen LogP contribution in [0.5, 0.6) is 0 Å². The highest BCUT2D eigenvalue weighted by atomic mass is 16.3. The topological polar surface area (TPSA) is 29.5 Å². The molecular weight excluding hydrogens is 623 g/mol. The van der Waals surface area contributed by atoms with E-state index in [0.29, 0.717) is 0 Å². The van der Waals surface area contributed by atoms with Crippen LogP contribution in [-0.4, -0.2) is 0 Å². The first-order valence-electron chi connectivity index (χ1n) is 17.4. The maximum absolute atomic E-state index is 7.03. The number of hydrogen-bond acceptors (Lipinski definition) is 3. The van der Waals surface area contributed by atoms with Gasteiger partial charge in [0.05, 0.1) is 5.69 Å². The standard InChI is InChI=1S/C48H29NO2/c1-3-13-31(14-4-1)49(32-15-5-2-6-16-32)47-33(30-23-24-38-36-19-8-7-17-34(36)35-18-9-10-20-37(35)41(38)29-30)25-26-40-46-44(51-48(40)47)28-27-43-45(46)39-21-11-12-22-42(39)50-43/h1-29H. The molecule has 0 unspecified atom stereocenters. The molecule has 11 rings (SSSR count). The molecule has 0 fully saturated rings. The van der Waals surface area contributed by atoms with Crippen LogP contribution in [0.2, 0.25) is 0 Å². The lowest BCUT2D eigenvalue weighted by Gasteiger charge is -2.28. The zero-order valence-electron chi connectivity index (χ0n) is 27.5. The van der Waals surface area contributed by atoms with Gasteiger partial charge in [-0.15, -0.1) is 0 Å². The molecule has 0 amide bonds. The fourth-order valence-corrected chi connectivity index (χ4v) is 8.22. The van der Waals surface area contributed by atoms with E-state index in [-0.39, 0.29) is 0 Å². The summed E-state index contributed by atoms with van der Waals surface area (Å²) in [7, 11) is 0. The largest absolute Gasteiger partial charge is 0.456 e. The second kappa shape index (κ2) is 10.8. The van der Waals surface area contributed by atoms with Crippen molar-refractivity contribution in [2.75, 3.05) is 4.90 Å². The number of furan rings is 2. The Bertz CT molecular complexity index is 3060. The molecule has 3 heteroatoms. The minimum Gasteiger partial charge on any atom is -0.456 e. The van der Waals surface area contributed by atoms with Crippen molar-refractivity contribution >= 4 is 93.3 Å². The van der Waals surface area contributed by atoms with Crippen LogP contribution in [0.25, 0.3) is 87.3 Å². The van der Waals surface area contributed by atoms with Crippen LogP contribution >= 0.6 is 0 Å². The quantitative estimate of drug-likeness (QED) is 0.177. The third-order valence-corrected chi connectivity index (χ3v) is 10.4. The molecule has 0 saturated heterocycles. The van der Waals surface area contributed by atoms with E-state index in [9.17, 15) is 0 Å². The van der Waals surface area contributed by atoms with Gasteiger partial charge in [-0.2, -0.15) is 0 Å². The first-order chi connectivity index (χ1) is 25.3. The van der Waals surface area contributed by atoms with E-state index in [0.717, 1.165) is 72.1 Å². The number of rotatable bonds is 4. The van der Waals surface area contributed by atoms with E-state index in [1.54, 1.807) is 0 Å². The summed E-state index contributed by atoms with van der Waals surface area (Å²) in [5, 5.41) is 11.8. The molecule has 0 bridgehead atoms. The van der Waals surface area contributed by atoms with Crippen molar-refractivity contribution in [1.29, 1.82) is 0 Å². The normalized spacial score (nSPS) is 11.9. The van der Waals surface area contributed by atoms with Crippen LogP contribution in [0.1, 0.15) is 0 Å². The van der Waals surface area contributed by atoms with Crippen molar-refractivity contribution in [3.8, 4) is 11.1 Å². The molecule has 0 N–H and O–H groups in total. The van der Waals surface area contributed by atoms with Gasteiger partial charge in [-0.25, -0.2) is 0 Å². The number of fused-ring (bicyclic) bond motifs is 13. The molecule has 2 aromatic heterocycles. The van der Waals surface area contributed by atoms with Crippen molar-refractivity contribution in [3.05, 3.63) is 176 Å². The summed E-state index contributed by atoms with van der Waals surface area (Å²) in [6.07, 6.45) is 0. The van der Waals surface area contributed by atoms with Crippen molar-refractivity contribution in [3.63, 3.8) is 0 Å². The Hall–Kier alpha value is -6.84. The van der Waals surface area contributed by atoms with Crippen LogP contribution in [0.4, 0.5) is 17.1 Å². The molecule has 238 valence electrons. The highest BCUT2D eigenvalue weighted by Gasteiger charge is 2.26. The van der Waals surface area contributed by atoms with Crippen LogP contribution < -0.4 is 4.90 Å². The smallest absolute Gasteiger partial charge is 0.160 e. The Labute approximate surface area is 293 Å². The number of hydrogen-bond donors (Lipinski definition) is 0. The summed E-state index contributed by atoms with van der Waals surface area (Å²) in [4.78, 5) is 2.34. The van der Waals surface area contributed by atoms with Gasteiger partial charge in [-0.1, -0.05) is 121 Å². The average molecular weight is 652 g/mol. The van der Waals surface area contributed by atoms with Gasteiger partial charge in [0, 0.05) is 38.5 Å². The zero-order chi connectivity index (χ0) is 33.5. The lowest BCUT2D eigenvalue weighted by Crippen LogP contribution is -2.11. The zero-order valence-corrected chi connectivity index (χ0v) is 27.5. The van der Waals surface area contributed by atoms with Crippen molar-refractivity contribution in [2.45, 2.75) is 0 Å². The average Bonchev–Trinajstić information content (AvgIpc) is 3.77. The van der Waals surface area contributed by atoms with Gasteiger partial charge in [0.2, 0.25) is 0 Å². The highest BCUT2D eigenvalue weighted by molar-refractivity contribution is 6.28. The SMILES string of the molecule is c1ccc(N(c2ccccc2)c2c(-c3ccc4c5ccccc5c5ccccc5c4c3)ccc3c2oc2ccc4oc5ccccc5c4c23)cc1. The summed E-state index contributed by atoms with van der Waals surface area (Å²) in [5.74, 6) is 0. The Morgan fingerprint density at radius 1 is 0.333 bits per heavy atom. The number of anilines is 3. The molecular formula is C48H29NO2. The molecule has 2 heterocycles. The first kappa shape index (κ1) is 28.0. The van der Waals surface area contributed by atoms with Crippen LogP contribution in [-0.2, 0) is 0 Å². The Balaban J connectivity index is 1.28. The molecule has 51 heavy (non-hydrogen) atoms. The van der Waals surface area contributed by atoms with Crippen molar-refractivity contribution < 1.29 is 8.83 Å². The molecule has 11 aromatic rings. The fraction of sp³-hybridized carbons (Fsp3) is 0. The highest BCUT2D eigenvalue weighted by Crippen LogP contribution is 2.50. The van der Waals surface area contributed by atoms with Gasteiger partial charge in [0.25, 0.3) is 0 Å². The Morgan fingerprint density at radius 3 is 1.47 bits per heavy atom. The number of benzene rings is 9. The maximum Gasteiger partial charge on any atom is 0.160 e. The summed E-state index contributed by atoms with van der Waals surface area (Å²) in [6.45, 7) is 0. The van der Waals surface area contributed by atoms with E-state index < -0.39 is 0 Å². The second-order valence-electron chi connectivity index (χ2n) is 13.2. The lowest BCUT2D eigenvalue weighted by molar-refractivity contribution is 0.663. The predicted octanol–water partition coefficient (Wildman–Crippen LogP) is 14.1. The summed E-state index contributed by atoms with van der Waals surface area (Å²) >= 11 is 0. The van der Waals surface area contributed by atoms with Crippen LogP contribution in [0, 0.1) is 0 Å². The van der Waals surface area contributed by atoms with Gasteiger partial charge >= 0.3 is 0 Å². The summed E-state index contributed by atoms with van der Waals surface area (Å²) in [5.41, 5.74) is 8.69. The summed E-state index contributed by atoms with van der Waals surface area (Å²) < 4.78 is 13.4. The Morgan fingerprint density at radius 2 is 0.824 bits per heavy atom. The van der Waals surface area contributed by atoms with Gasteiger partial charge < -0.3 is 13.7 Å². The minimum absolute atomic E-state index is 0.830. The second-order valence-corrected chi connectivity index (χ2v) is 13.2. The molecule has 0 aliphatic carbocycles. The maximum atomic E-state index is 7.03. The monoisotopic (exact) mass is 651 g/mol. The minimum atomic E-state index is 0.830. The number of para-hydroxylation sites is 3. The third kappa shape index (κ3) is 4.12. The first-order valence-corrected chi connectivity index (χ1v) is 17.4. The van der Waals surface area contributed by atoms with Crippen molar-refractivity contribution in [1.82, 2.24) is 0 Å². The van der Waals surface area contributed by atoms with E-state index in [1.165, 1.54) is 32.3 Å². The molecule has 0 radical (unpaired) electrons. The molecule has 0 spiro atoms. The van der Waals surface area contributed by atoms with Gasteiger partial charge in [-0.05, 0) is 92.5 Å². The van der Waals surface area contributed by atoms with E-state index in [2.05, 4.69) is 157 Å². The molecule has 0 aliphatic rings. The van der Waals surface area contributed by atoms with Crippen molar-refractivity contribution in [2.24, 2.45) is 0 Å². The van der Waals surface area contributed by atoms with E-state index in [4.69, 9.17) is 8.83 Å². The lowest BCUT2D eigenvalue weighted by atomic mass is 9.91. The van der Waals surface area contributed by atoms with Gasteiger partial charge in [-0.3, -0.25) is 0 Å². The van der Waals surface area contributed by atoms with Crippen LogP contribution in [0.15, 0.2) is 185 Å². The molecule has 0 aliphatic heterocycles. The molecule has 0 atom stereocenters. The molecule has 9 aromatic carbocycles. The number of nitrogens with zero attached hydrogens (tertiary/aromatic N) is 1. The Kier molecular flexibility index (Phi) is 5.96. The third-order valence-electron chi connectivity index (χ3n) is 10.4. The van der Waals surface area contributed by atoms with E-state index >= 15 is 0 Å². The molecule has 0 saturated carbocycles. The van der Waals surface area contributed by atoms with Gasteiger partial charge in [0.15, 0.2) is 5.58 Å². The van der Waals surface area contributed by atoms with Gasteiger partial charge in [0.1, 0.15) is 16.7 Å². The molecule has 3 nitrogen and oxygen atoms in total. The summed E-state index contributed by atoms with van der Waals surface area (Å²) in [6, 6.07) is 62.5. The van der Waals surface area contributed by atoms with E-state index in [1.807, 2.05) is 24.3 Å². The van der Waals surface area contributed by atoms with Crippen LogP contribution in [0.3, 0.4) is 0 Å². The fourth-order valence-electron chi connectivity index (χ4n) is 8.22.